The number of hydrogen-bond acceptors (Lipinski definition) is 7. The summed E-state index contributed by atoms with van der Waals surface area (Å²) in [5.74, 6) is 1.64. The van der Waals surface area contributed by atoms with Gasteiger partial charge in [0, 0.05) is 23.9 Å². The molecule has 0 bridgehead atoms. The summed E-state index contributed by atoms with van der Waals surface area (Å²) in [6.07, 6.45) is 8.83. The maximum absolute atomic E-state index is 13.5. The van der Waals surface area contributed by atoms with Crippen LogP contribution in [-0.4, -0.2) is 45.3 Å². The Morgan fingerprint density at radius 2 is 1.49 bits per heavy atom. The Morgan fingerprint density at radius 1 is 0.897 bits per heavy atom. The van der Waals surface area contributed by atoms with Crippen LogP contribution >= 0.6 is 0 Å². The van der Waals surface area contributed by atoms with Crippen molar-refractivity contribution in [2.24, 2.45) is 0 Å². The zero-order valence-electron chi connectivity index (χ0n) is 23.9. The summed E-state index contributed by atoms with van der Waals surface area (Å²) in [5.41, 5.74) is 3.30. The number of nitrogens with one attached hydrogen (secondary N) is 1. The van der Waals surface area contributed by atoms with Gasteiger partial charge < -0.3 is 14.1 Å². The number of carbonyl (C=O) groups is 1. The fraction of sp³-hybridized carbons (Fsp3) is 0.516. The molecule has 0 amide bonds. The average molecular weight is 557 g/mol. The van der Waals surface area contributed by atoms with Gasteiger partial charge in [0.15, 0.2) is 5.78 Å². The topological polar surface area (TPSA) is 101 Å². The quantitative estimate of drug-likeness (QED) is 0.144. The van der Waals surface area contributed by atoms with Crippen molar-refractivity contribution in [3.05, 3.63) is 64.9 Å². The largest absolute Gasteiger partial charge is 0.494 e. The van der Waals surface area contributed by atoms with E-state index in [4.69, 9.17) is 22.4 Å². The van der Waals surface area contributed by atoms with Gasteiger partial charge in [-0.1, -0.05) is 51.7 Å². The Kier molecular flexibility index (Phi) is 14.5. The van der Waals surface area contributed by atoms with E-state index < -0.39 is 10.5 Å². The van der Waals surface area contributed by atoms with Gasteiger partial charge in [-0.2, -0.15) is 13.2 Å². The highest BCUT2D eigenvalue weighted by atomic mass is 32.2. The molecule has 0 atom stereocenters. The van der Waals surface area contributed by atoms with Gasteiger partial charge in [-0.3, -0.25) is 4.79 Å². The first kappa shape index (κ1) is 32.2. The second-order valence-corrected chi connectivity index (χ2v) is 10.3. The first-order chi connectivity index (χ1) is 18.8. The second kappa shape index (κ2) is 17.6. The normalized spacial score (nSPS) is 10.9. The number of unbranched alkanes of at least 4 members (excludes halogenated alkanes) is 3. The van der Waals surface area contributed by atoms with E-state index >= 15 is 0 Å². The molecular weight excluding hydrogens is 512 g/mol. The molecule has 0 radical (unpaired) electrons. The van der Waals surface area contributed by atoms with Gasteiger partial charge in [0.25, 0.3) is 0 Å². The van der Waals surface area contributed by atoms with Gasteiger partial charge >= 0.3 is 10.5 Å². The maximum Gasteiger partial charge on any atom is 0.308 e. The molecule has 39 heavy (non-hydrogen) atoms. The van der Waals surface area contributed by atoms with Gasteiger partial charge in [0.05, 0.1) is 12.2 Å². The molecule has 0 saturated heterocycles. The molecule has 0 unspecified atom stereocenters. The van der Waals surface area contributed by atoms with Crippen molar-refractivity contribution in [1.82, 2.24) is 4.90 Å². The smallest absolute Gasteiger partial charge is 0.308 e. The lowest BCUT2D eigenvalue weighted by molar-refractivity contribution is 0.103. The Labute approximate surface area is 235 Å². The van der Waals surface area contributed by atoms with Crippen LogP contribution in [0.15, 0.2) is 46.9 Å². The van der Waals surface area contributed by atoms with Crippen LogP contribution in [0.3, 0.4) is 0 Å². The van der Waals surface area contributed by atoms with Crippen molar-refractivity contribution >= 4 is 27.3 Å². The van der Waals surface area contributed by atoms with E-state index in [1.54, 1.807) is 0 Å². The molecule has 214 valence electrons. The lowest BCUT2D eigenvalue weighted by Crippen LogP contribution is -2.28. The Balaban J connectivity index is 0.00000124. The van der Waals surface area contributed by atoms with Crippen molar-refractivity contribution in [1.29, 1.82) is 4.78 Å². The Hall–Kier alpha value is -2.97. The van der Waals surface area contributed by atoms with Gasteiger partial charge in [-0.25, -0.2) is 0 Å². The van der Waals surface area contributed by atoms with Gasteiger partial charge in [0.2, 0.25) is 0 Å². The fourth-order valence-corrected chi connectivity index (χ4v) is 4.45. The molecule has 0 aliphatic heterocycles. The van der Waals surface area contributed by atoms with Crippen molar-refractivity contribution in [2.75, 3.05) is 26.2 Å². The summed E-state index contributed by atoms with van der Waals surface area (Å²) in [6, 6.07) is 13.7. The van der Waals surface area contributed by atoms with Crippen LogP contribution in [0, 0.1) is 11.7 Å². The van der Waals surface area contributed by atoms with Crippen molar-refractivity contribution in [2.45, 2.75) is 79.1 Å². The number of fused-ring (bicyclic) bond motifs is 1. The lowest BCUT2D eigenvalue weighted by Gasteiger charge is -2.21. The van der Waals surface area contributed by atoms with E-state index in [1.807, 2.05) is 43.3 Å². The summed E-state index contributed by atoms with van der Waals surface area (Å²) in [5, 5.41) is 0.914. The molecule has 1 aromatic heterocycles. The van der Waals surface area contributed by atoms with E-state index in [1.165, 1.54) is 38.8 Å². The van der Waals surface area contributed by atoms with E-state index in [9.17, 15) is 4.79 Å². The summed E-state index contributed by atoms with van der Waals surface area (Å²) in [7, 11) is -2.61. The van der Waals surface area contributed by atoms with Crippen molar-refractivity contribution < 1.29 is 22.4 Å². The number of ketones is 1. The first-order valence-corrected chi connectivity index (χ1v) is 15.2. The number of aryl methyl sites for hydroxylation is 2. The first-order valence-electron chi connectivity index (χ1n) is 14.1. The lowest BCUT2D eigenvalue weighted by atomic mass is 9.97. The van der Waals surface area contributed by atoms with Crippen LogP contribution in [0.2, 0.25) is 0 Å². The molecule has 2 aromatic carbocycles. The highest BCUT2D eigenvalue weighted by Gasteiger charge is 2.22. The van der Waals surface area contributed by atoms with Crippen LogP contribution < -0.4 is 4.74 Å². The second-order valence-electron chi connectivity index (χ2n) is 9.84. The predicted octanol–water partition coefficient (Wildman–Crippen LogP) is 7.61. The predicted molar refractivity (Wildman–Crippen MR) is 157 cm³/mol. The van der Waals surface area contributed by atoms with E-state index in [0.29, 0.717) is 17.7 Å². The fourth-order valence-electron chi connectivity index (χ4n) is 4.45. The highest BCUT2D eigenvalue weighted by molar-refractivity contribution is 7.60. The van der Waals surface area contributed by atoms with Crippen LogP contribution in [0.4, 0.5) is 0 Å². The molecule has 0 aliphatic rings. The standard InChI is InChI=1S/C31H43NO3.HNO2S/c1-5-8-12-29-30(27-23-24(4)13-18-28(27)35-29)31(33)25-14-16-26(17-15-25)34-22-11-21-32(19-9-6-2)20-10-7-3;1-4(2)3/h13-18,23H,5-12,19-22H2,1-4H3;1H. The molecule has 8 heteroatoms. The van der Waals surface area contributed by atoms with E-state index in [2.05, 4.69) is 31.7 Å². The number of hydrogen-bond donors (Lipinski definition) is 1. The summed E-state index contributed by atoms with van der Waals surface area (Å²) < 4.78 is 34.9. The van der Waals surface area contributed by atoms with Crippen LogP contribution in [0.5, 0.6) is 5.75 Å². The SMILES string of the molecule is CCCCc1oc2ccc(C)cc2c1C(=O)c1ccc(OCCCN(CCCC)CCCC)cc1.N=S(=O)=O. The van der Waals surface area contributed by atoms with Crippen LogP contribution in [0.1, 0.15) is 93.0 Å². The molecule has 1 N–H and O–H groups in total. The zero-order valence-corrected chi connectivity index (χ0v) is 24.7. The number of carbonyl (C=O) groups excluding carboxylic acids is 1. The number of rotatable bonds is 16. The molecule has 3 aromatic rings. The van der Waals surface area contributed by atoms with Gasteiger partial charge in [-0.05, 0) is 82.1 Å². The van der Waals surface area contributed by atoms with Crippen LogP contribution in [-0.2, 0) is 16.9 Å². The molecule has 7 nitrogen and oxygen atoms in total. The molecular formula is C31H44N2O5S. The average Bonchev–Trinajstić information content (AvgIpc) is 3.27. The van der Waals surface area contributed by atoms with E-state index in [0.717, 1.165) is 60.3 Å². The molecule has 1 heterocycles. The number of nitrogens with zero attached hydrogens (tertiary/aromatic N) is 1. The molecule has 0 aliphatic carbocycles. The van der Waals surface area contributed by atoms with E-state index in [-0.39, 0.29) is 5.78 Å². The molecule has 3 rings (SSSR count). The van der Waals surface area contributed by atoms with Crippen molar-refractivity contribution in [3.8, 4) is 5.75 Å². The Morgan fingerprint density at radius 3 is 2.08 bits per heavy atom. The maximum atomic E-state index is 13.5. The Bertz CT molecular complexity index is 1250. The van der Waals surface area contributed by atoms with Crippen molar-refractivity contribution in [3.63, 3.8) is 0 Å². The minimum atomic E-state index is -2.61. The number of ether oxygens (including phenoxy) is 1. The molecule has 0 saturated carbocycles. The summed E-state index contributed by atoms with van der Waals surface area (Å²) in [4.78, 5) is 16.1. The third kappa shape index (κ3) is 11.0. The summed E-state index contributed by atoms with van der Waals surface area (Å²) in [6.45, 7) is 12.8. The van der Waals surface area contributed by atoms with Gasteiger partial charge in [-0.15, -0.1) is 0 Å². The number of furan rings is 1. The highest BCUT2D eigenvalue weighted by Crippen LogP contribution is 2.30. The molecule has 0 fully saturated rings. The van der Waals surface area contributed by atoms with Gasteiger partial charge in [0.1, 0.15) is 17.1 Å². The van der Waals surface area contributed by atoms with Crippen LogP contribution in [0.25, 0.3) is 11.0 Å². The number of benzene rings is 2. The summed E-state index contributed by atoms with van der Waals surface area (Å²) >= 11 is 0. The minimum absolute atomic E-state index is 0.0227. The zero-order chi connectivity index (χ0) is 28.6. The monoisotopic (exact) mass is 556 g/mol. The third-order valence-electron chi connectivity index (χ3n) is 6.56. The molecule has 0 spiro atoms. The third-order valence-corrected chi connectivity index (χ3v) is 6.56. The minimum Gasteiger partial charge on any atom is -0.494 e.